The lowest BCUT2D eigenvalue weighted by Gasteiger charge is -2.24. The van der Waals surface area contributed by atoms with Crippen molar-refractivity contribution in [1.29, 1.82) is 0 Å². The van der Waals surface area contributed by atoms with Crippen LogP contribution >= 0.6 is 50.5 Å². The number of fused-ring (bicyclic) bond motifs is 1. The van der Waals surface area contributed by atoms with Crippen molar-refractivity contribution in [3.8, 4) is 5.75 Å². The summed E-state index contributed by atoms with van der Waals surface area (Å²) in [4.78, 5) is 32.2. The summed E-state index contributed by atoms with van der Waals surface area (Å²) in [6.07, 6.45) is 1.79. The second-order valence-corrected chi connectivity index (χ2v) is 12.2. The van der Waals surface area contributed by atoms with Gasteiger partial charge in [-0.1, -0.05) is 86.4 Å². The number of nitrogens with zero attached hydrogens (tertiary/aromatic N) is 2. The average molecular weight is 672 g/mol. The number of ether oxygens (including phenoxy) is 2. The fourth-order valence-corrected chi connectivity index (χ4v) is 6.29. The normalized spacial score (nSPS) is 15.0. The third-order valence-electron chi connectivity index (χ3n) is 6.55. The lowest BCUT2D eigenvalue weighted by atomic mass is 9.95. The topological polar surface area (TPSA) is 69.9 Å². The number of carbonyl (C=O) groups is 1. The van der Waals surface area contributed by atoms with Crippen molar-refractivity contribution in [3.05, 3.63) is 128 Å². The number of allylic oxidation sites excluding steroid dienone is 1. The summed E-state index contributed by atoms with van der Waals surface area (Å²) < 4.78 is 14.4. The number of halogens is 3. The Kier molecular flexibility index (Phi) is 8.85. The molecule has 0 aliphatic carbocycles. The first-order valence-corrected chi connectivity index (χ1v) is 15.1. The maximum Gasteiger partial charge on any atom is 0.338 e. The molecule has 1 aliphatic rings. The summed E-state index contributed by atoms with van der Waals surface area (Å²) in [6.45, 7) is 5.99. The van der Waals surface area contributed by atoms with Gasteiger partial charge in [0, 0.05) is 10.0 Å². The van der Waals surface area contributed by atoms with E-state index in [-0.39, 0.29) is 18.8 Å². The first kappa shape index (κ1) is 29.3. The Morgan fingerprint density at radius 3 is 2.54 bits per heavy atom. The number of rotatable bonds is 7. The standard InChI is InChI=1S/C31H25BrCl2N2O4S/c1-4-39-30(38)27-18(3)35-31-36(28(27)20-8-5-17(2)6-9-20)29(37)26(41-31)15-21-14-22(32)10-12-25(21)40-16-19-7-11-23(33)24(34)13-19/h5-15,28H,4,16H2,1-3H3/b26-15+/t28-/m0/s1. The van der Waals surface area contributed by atoms with E-state index < -0.39 is 12.0 Å². The third-order valence-corrected chi connectivity index (χ3v) is 8.76. The van der Waals surface area contributed by atoms with Crippen LogP contribution in [0.3, 0.4) is 0 Å². The van der Waals surface area contributed by atoms with E-state index in [2.05, 4.69) is 20.9 Å². The molecule has 0 radical (unpaired) electrons. The number of aromatic nitrogens is 1. The monoisotopic (exact) mass is 670 g/mol. The first-order chi connectivity index (χ1) is 19.7. The van der Waals surface area contributed by atoms with Gasteiger partial charge in [-0.3, -0.25) is 9.36 Å². The highest BCUT2D eigenvalue weighted by Gasteiger charge is 2.33. The number of esters is 1. The van der Waals surface area contributed by atoms with Gasteiger partial charge in [0.05, 0.1) is 38.5 Å². The molecule has 3 aromatic carbocycles. The second kappa shape index (κ2) is 12.4. The molecule has 0 fully saturated rings. The maximum atomic E-state index is 14.0. The molecular formula is C31H25BrCl2N2O4S. The molecule has 0 saturated heterocycles. The molecule has 0 amide bonds. The summed E-state index contributed by atoms with van der Waals surface area (Å²) in [7, 11) is 0. The molecule has 210 valence electrons. The van der Waals surface area contributed by atoms with Gasteiger partial charge >= 0.3 is 5.97 Å². The molecule has 5 rings (SSSR count). The van der Waals surface area contributed by atoms with Gasteiger partial charge in [0.25, 0.3) is 5.56 Å². The molecule has 4 aromatic rings. The van der Waals surface area contributed by atoms with Crippen LogP contribution in [0.1, 0.15) is 42.1 Å². The van der Waals surface area contributed by atoms with E-state index in [0.29, 0.717) is 42.0 Å². The summed E-state index contributed by atoms with van der Waals surface area (Å²) in [5.41, 5.74) is 4.05. The fourth-order valence-electron chi connectivity index (χ4n) is 4.55. The van der Waals surface area contributed by atoms with Crippen LogP contribution in [0.25, 0.3) is 6.08 Å². The molecule has 1 atom stereocenters. The average Bonchev–Trinajstić information content (AvgIpc) is 3.24. The van der Waals surface area contributed by atoms with Crippen molar-refractivity contribution in [2.75, 3.05) is 6.61 Å². The Morgan fingerprint density at radius 2 is 1.83 bits per heavy atom. The summed E-state index contributed by atoms with van der Waals surface area (Å²) in [6, 6.07) is 18.0. The highest BCUT2D eigenvalue weighted by molar-refractivity contribution is 9.10. The highest BCUT2D eigenvalue weighted by Crippen LogP contribution is 2.31. The smallest absolute Gasteiger partial charge is 0.338 e. The fraction of sp³-hybridized carbons (Fsp3) is 0.194. The second-order valence-electron chi connectivity index (χ2n) is 9.43. The van der Waals surface area contributed by atoms with E-state index in [9.17, 15) is 9.59 Å². The quantitative estimate of drug-likeness (QED) is 0.204. The summed E-state index contributed by atoms with van der Waals surface area (Å²) in [5, 5.41) is 0.922. The minimum Gasteiger partial charge on any atom is -0.488 e. The van der Waals surface area contributed by atoms with E-state index in [1.54, 1.807) is 36.6 Å². The number of hydrogen-bond donors (Lipinski definition) is 0. The van der Waals surface area contributed by atoms with Crippen LogP contribution in [0.5, 0.6) is 5.75 Å². The van der Waals surface area contributed by atoms with Crippen LogP contribution in [0.4, 0.5) is 0 Å². The lowest BCUT2D eigenvalue weighted by Crippen LogP contribution is -2.39. The van der Waals surface area contributed by atoms with Gasteiger partial charge in [0.2, 0.25) is 0 Å². The van der Waals surface area contributed by atoms with Gasteiger partial charge < -0.3 is 9.47 Å². The van der Waals surface area contributed by atoms with Crippen LogP contribution in [0.15, 0.2) is 86.2 Å². The minimum absolute atomic E-state index is 0.217. The molecule has 1 aliphatic heterocycles. The van der Waals surface area contributed by atoms with E-state index in [1.165, 1.54) is 11.3 Å². The molecule has 41 heavy (non-hydrogen) atoms. The van der Waals surface area contributed by atoms with Crippen molar-refractivity contribution in [2.24, 2.45) is 4.99 Å². The zero-order valence-corrected chi connectivity index (χ0v) is 26.3. The minimum atomic E-state index is -0.666. The summed E-state index contributed by atoms with van der Waals surface area (Å²) >= 11 is 17.0. The largest absolute Gasteiger partial charge is 0.488 e. The predicted octanol–water partition coefficient (Wildman–Crippen LogP) is 6.76. The number of hydrogen-bond acceptors (Lipinski definition) is 6. The van der Waals surface area contributed by atoms with Crippen molar-refractivity contribution in [1.82, 2.24) is 4.57 Å². The van der Waals surface area contributed by atoms with Crippen molar-refractivity contribution >= 4 is 62.5 Å². The first-order valence-electron chi connectivity index (χ1n) is 12.8. The molecular weight excluding hydrogens is 647 g/mol. The molecule has 2 heterocycles. The van der Waals surface area contributed by atoms with Gasteiger partial charge in [-0.2, -0.15) is 0 Å². The number of carbonyl (C=O) groups excluding carboxylic acids is 1. The zero-order valence-electron chi connectivity index (χ0n) is 22.4. The van der Waals surface area contributed by atoms with Crippen molar-refractivity contribution in [3.63, 3.8) is 0 Å². The van der Waals surface area contributed by atoms with Gasteiger partial charge in [-0.05, 0) is 68.3 Å². The molecule has 0 spiro atoms. The molecule has 0 N–H and O–H groups in total. The molecule has 6 nitrogen and oxygen atoms in total. The zero-order chi connectivity index (χ0) is 29.3. The van der Waals surface area contributed by atoms with E-state index in [0.717, 1.165) is 21.2 Å². The predicted molar refractivity (Wildman–Crippen MR) is 167 cm³/mol. The van der Waals surface area contributed by atoms with Crippen molar-refractivity contribution in [2.45, 2.75) is 33.4 Å². The Labute approximate surface area is 259 Å². The van der Waals surface area contributed by atoms with Gasteiger partial charge in [0.15, 0.2) is 4.80 Å². The Hall–Kier alpha value is -3.17. The number of benzene rings is 3. The molecule has 0 bridgehead atoms. The van der Waals surface area contributed by atoms with E-state index >= 15 is 0 Å². The van der Waals surface area contributed by atoms with Crippen LogP contribution < -0.4 is 19.6 Å². The molecule has 0 unspecified atom stereocenters. The lowest BCUT2D eigenvalue weighted by molar-refractivity contribution is -0.139. The molecule has 1 aromatic heterocycles. The maximum absolute atomic E-state index is 14.0. The van der Waals surface area contributed by atoms with Gasteiger partial charge in [0.1, 0.15) is 12.4 Å². The Bertz CT molecular complexity index is 1860. The molecule has 0 saturated carbocycles. The Morgan fingerprint density at radius 1 is 1.07 bits per heavy atom. The summed E-state index contributed by atoms with van der Waals surface area (Å²) in [5.74, 6) is 0.0992. The highest BCUT2D eigenvalue weighted by atomic mass is 79.9. The number of aryl methyl sites for hydroxylation is 1. The number of thiazole rings is 1. The van der Waals surface area contributed by atoms with E-state index in [4.69, 9.17) is 32.7 Å². The SMILES string of the molecule is CCOC(=O)C1=C(C)N=c2s/c(=C/c3cc(Br)ccc3OCc3ccc(Cl)c(Cl)c3)c(=O)n2[C@H]1c1ccc(C)cc1. The van der Waals surface area contributed by atoms with Crippen LogP contribution in [0.2, 0.25) is 10.0 Å². The van der Waals surface area contributed by atoms with Gasteiger partial charge in [-0.15, -0.1) is 0 Å². The Balaban J connectivity index is 1.60. The van der Waals surface area contributed by atoms with Crippen molar-refractivity contribution < 1.29 is 14.3 Å². The third kappa shape index (κ3) is 6.21. The van der Waals surface area contributed by atoms with Crippen LogP contribution in [-0.4, -0.2) is 17.1 Å². The van der Waals surface area contributed by atoms with Crippen LogP contribution in [-0.2, 0) is 16.1 Å². The van der Waals surface area contributed by atoms with Gasteiger partial charge in [-0.25, -0.2) is 9.79 Å². The van der Waals surface area contributed by atoms with Crippen LogP contribution in [0, 0.1) is 6.92 Å². The molecule has 10 heteroatoms. The van der Waals surface area contributed by atoms with E-state index in [1.807, 2.05) is 55.5 Å².